The zero-order chi connectivity index (χ0) is 23.0. The summed E-state index contributed by atoms with van der Waals surface area (Å²) in [5.41, 5.74) is 1.22. The summed E-state index contributed by atoms with van der Waals surface area (Å²) < 4.78 is 0. The van der Waals surface area contributed by atoms with Crippen LogP contribution in [0.15, 0.2) is 24.3 Å². The Morgan fingerprint density at radius 3 is 2.12 bits per heavy atom. The number of hydrogen-bond acceptors (Lipinski definition) is 7. The first-order valence-corrected chi connectivity index (χ1v) is 12.1. The van der Waals surface area contributed by atoms with E-state index in [1.54, 1.807) is 0 Å². The average molecular weight is 460 g/mol. The molecular formula is C24H38ClN7. The molecule has 0 bridgehead atoms. The van der Waals surface area contributed by atoms with Crippen molar-refractivity contribution >= 4 is 29.4 Å². The maximum Gasteiger partial charge on any atom is 0.231 e. The number of benzene rings is 1. The summed E-state index contributed by atoms with van der Waals surface area (Å²) in [5.74, 6) is 1.98. The highest BCUT2D eigenvalue weighted by atomic mass is 35.5. The van der Waals surface area contributed by atoms with Crippen molar-refractivity contribution < 1.29 is 0 Å². The van der Waals surface area contributed by atoms with Crippen molar-refractivity contribution in [3.8, 4) is 0 Å². The number of aromatic nitrogens is 3. The minimum Gasteiger partial charge on any atom is -0.353 e. The molecule has 1 aromatic heterocycles. The highest BCUT2D eigenvalue weighted by Crippen LogP contribution is 2.21. The van der Waals surface area contributed by atoms with Crippen LogP contribution in [0.2, 0.25) is 5.02 Å². The first kappa shape index (κ1) is 24.5. The lowest BCUT2D eigenvalue weighted by Crippen LogP contribution is -2.35. The van der Waals surface area contributed by atoms with E-state index in [0.717, 1.165) is 42.7 Å². The predicted molar refractivity (Wildman–Crippen MR) is 135 cm³/mol. The summed E-state index contributed by atoms with van der Waals surface area (Å²) in [6.07, 6.45) is 6.22. The van der Waals surface area contributed by atoms with Crippen LogP contribution in [-0.2, 0) is 6.54 Å². The molecule has 0 spiro atoms. The van der Waals surface area contributed by atoms with Gasteiger partial charge in [-0.15, -0.1) is 0 Å². The molecule has 0 aliphatic carbocycles. The van der Waals surface area contributed by atoms with E-state index in [1.807, 2.05) is 24.3 Å². The van der Waals surface area contributed by atoms with Crippen LogP contribution in [-0.4, -0.2) is 60.1 Å². The van der Waals surface area contributed by atoms with Crippen LogP contribution in [0.3, 0.4) is 0 Å². The molecule has 1 saturated heterocycles. The first-order valence-electron chi connectivity index (χ1n) is 11.7. The van der Waals surface area contributed by atoms with Crippen LogP contribution >= 0.6 is 11.6 Å². The van der Waals surface area contributed by atoms with Crippen LogP contribution in [0, 0.1) is 5.41 Å². The molecule has 3 rings (SSSR count). The molecule has 1 aliphatic rings. The highest BCUT2D eigenvalue weighted by molar-refractivity contribution is 6.30. The normalized spacial score (nSPS) is 15.4. The Morgan fingerprint density at radius 2 is 1.50 bits per heavy atom. The molecule has 1 aromatic carbocycles. The fourth-order valence-corrected chi connectivity index (χ4v) is 4.25. The molecule has 7 nitrogen and oxygen atoms in total. The monoisotopic (exact) mass is 459 g/mol. The highest BCUT2D eigenvalue weighted by Gasteiger charge is 2.20. The van der Waals surface area contributed by atoms with Gasteiger partial charge in [0.2, 0.25) is 17.8 Å². The minimum absolute atomic E-state index is 0.0910. The quantitative estimate of drug-likeness (QED) is 0.552. The summed E-state index contributed by atoms with van der Waals surface area (Å²) >= 11 is 6.01. The predicted octanol–water partition coefficient (Wildman–Crippen LogP) is 4.91. The average Bonchev–Trinajstić information content (AvgIpc) is 2.71. The Balaban J connectivity index is 1.77. The van der Waals surface area contributed by atoms with Crippen molar-refractivity contribution in [2.45, 2.75) is 52.5 Å². The number of nitrogens with one attached hydrogen (secondary N) is 2. The molecule has 0 saturated carbocycles. The van der Waals surface area contributed by atoms with Gasteiger partial charge in [-0.3, -0.25) is 0 Å². The van der Waals surface area contributed by atoms with Gasteiger partial charge < -0.3 is 20.4 Å². The van der Waals surface area contributed by atoms with Crippen LogP contribution in [0.25, 0.3) is 0 Å². The Kier molecular flexibility index (Phi) is 8.93. The number of halogens is 1. The van der Waals surface area contributed by atoms with Crippen molar-refractivity contribution in [3.05, 3.63) is 34.9 Å². The number of hydrogen-bond donors (Lipinski definition) is 2. The second-order valence-corrected chi connectivity index (χ2v) is 10.2. The molecule has 2 aromatic rings. The SMILES string of the molecule is CN(C)CC(C)(C)CNc1nc(NCc2ccc(Cl)cc2)nc(N2CCCCCCC2)n1. The third-order valence-corrected chi connectivity index (χ3v) is 5.85. The lowest BCUT2D eigenvalue weighted by Gasteiger charge is -2.29. The molecule has 32 heavy (non-hydrogen) atoms. The summed E-state index contributed by atoms with van der Waals surface area (Å²) in [4.78, 5) is 18.8. The third-order valence-electron chi connectivity index (χ3n) is 5.60. The standard InChI is InChI=1S/C24H38ClN7/c1-24(2,18-31(3)4)17-27-22-28-21(26-16-19-10-12-20(25)13-11-19)29-23(30-22)32-14-8-6-5-7-9-15-32/h10-13H,5-9,14-18H2,1-4H3,(H2,26,27,28,29,30). The molecule has 0 unspecified atom stereocenters. The molecule has 1 aliphatic heterocycles. The van der Waals surface area contributed by atoms with Gasteiger partial charge in [0.25, 0.3) is 0 Å². The van der Waals surface area contributed by atoms with Gasteiger partial charge in [-0.2, -0.15) is 15.0 Å². The van der Waals surface area contributed by atoms with E-state index in [-0.39, 0.29) is 5.41 Å². The van der Waals surface area contributed by atoms with E-state index in [1.165, 1.54) is 32.1 Å². The van der Waals surface area contributed by atoms with Gasteiger partial charge in [-0.05, 0) is 50.0 Å². The van der Waals surface area contributed by atoms with Gasteiger partial charge in [-0.25, -0.2) is 0 Å². The number of nitrogens with zero attached hydrogens (tertiary/aromatic N) is 5. The third kappa shape index (κ3) is 8.10. The van der Waals surface area contributed by atoms with Crippen LogP contribution in [0.1, 0.15) is 51.5 Å². The Morgan fingerprint density at radius 1 is 0.906 bits per heavy atom. The van der Waals surface area contributed by atoms with E-state index in [0.29, 0.717) is 18.4 Å². The molecule has 1 fully saturated rings. The van der Waals surface area contributed by atoms with E-state index in [9.17, 15) is 0 Å². The zero-order valence-corrected chi connectivity index (χ0v) is 20.8. The van der Waals surface area contributed by atoms with Crippen molar-refractivity contribution in [1.29, 1.82) is 0 Å². The maximum absolute atomic E-state index is 6.01. The zero-order valence-electron chi connectivity index (χ0n) is 20.0. The Hall–Kier alpha value is -2.12. The molecule has 0 radical (unpaired) electrons. The molecule has 8 heteroatoms. The molecule has 2 N–H and O–H groups in total. The second-order valence-electron chi connectivity index (χ2n) is 9.77. The lowest BCUT2D eigenvalue weighted by atomic mass is 9.93. The van der Waals surface area contributed by atoms with E-state index < -0.39 is 0 Å². The van der Waals surface area contributed by atoms with E-state index in [4.69, 9.17) is 21.6 Å². The van der Waals surface area contributed by atoms with Gasteiger partial charge in [0.05, 0.1) is 0 Å². The Bertz CT molecular complexity index is 831. The fraction of sp³-hybridized carbons (Fsp3) is 0.625. The van der Waals surface area contributed by atoms with E-state index in [2.05, 4.69) is 53.4 Å². The summed E-state index contributed by atoms with van der Waals surface area (Å²) in [6.45, 7) is 8.88. The van der Waals surface area contributed by atoms with Gasteiger partial charge in [0, 0.05) is 37.7 Å². The van der Waals surface area contributed by atoms with E-state index >= 15 is 0 Å². The molecule has 0 amide bonds. The van der Waals surface area contributed by atoms with Crippen molar-refractivity contribution in [2.75, 3.05) is 55.8 Å². The van der Waals surface area contributed by atoms with Crippen molar-refractivity contribution in [3.63, 3.8) is 0 Å². The first-order chi connectivity index (χ1) is 15.3. The van der Waals surface area contributed by atoms with Crippen molar-refractivity contribution in [2.24, 2.45) is 5.41 Å². The largest absolute Gasteiger partial charge is 0.353 e. The Labute approximate surface area is 198 Å². The smallest absolute Gasteiger partial charge is 0.231 e. The van der Waals surface area contributed by atoms with Crippen LogP contribution in [0.4, 0.5) is 17.8 Å². The topological polar surface area (TPSA) is 69.2 Å². The van der Waals surface area contributed by atoms with Gasteiger partial charge >= 0.3 is 0 Å². The van der Waals surface area contributed by atoms with Crippen LogP contribution < -0.4 is 15.5 Å². The molecule has 0 atom stereocenters. The summed E-state index contributed by atoms with van der Waals surface area (Å²) in [5, 5.41) is 7.58. The number of rotatable bonds is 9. The molecule has 176 valence electrons. The second kappa shape index (κ2) is 11.7. The molecule has 2 heterocycles. The summed E-state index contributed by atoms with van der Waals surface area (Å²) in [7, 11) is 4.20. The van der Waals surface area contributed by atoms with Gasteiger partial charge in [0.1, 0.15) is 0 Å². The minimum atomic E-state index is 0.0910. The lowest BCUT2D eigenvalue weighted by molar-refractivity contribution is 0.254. The fourth-order valence-electron chi connectivity index (χ4n) is 4.13. The maximum atomic E-state index is 6.01. The van der Waals surface area contributed by atoms with Gasteiger partial charge in [-0.1, -0.05) is 56.8 Å². The van der Waals surface area contributed by atoms with Gasteiger partial charge in [0.15, 0.2) is 0 Å². The molecular weight excluding hydrogens is 422 g/mol. The summed E-state index contributed by atoms with van der Waals surface area (Å²) in [6, 6.07) is 7.83. The number of anilines is 3. The van der Waals surface area contributed by atoms with Crippen molar-refractivity contribution in [1.82, 2.24) is 19.9 Å². The van der Waals surface area contributed by atoms with Crippen LogP contribution in [0.5, 0.6) is 0 Å².